The quantitative estimate of drug-likeness (QED) is 0.409. The van der Waals surface area contributed by atoms with Crippen LogP contribution in [-0.2, 0) is 0 Å². The number of methoxy groups -OCH3 is 1. The summed E-state index contributed by atoms with van der Waals surface area (Å²) >= 11 is 0. The smallest absolute Gasteiger partial charge is 0.281 e. The van der Waals surface area contributed by atoms with Gasteiger partial charge in [0, 0.05) is 24.5 Å². The highest BCUT2D eigenvalue weighted by Gasteiger charge is 2.21. The van der Waals surface area contributed by atoms with Crippen LogP contribution in [0.2, 0.25) is 0 Å². The van der Waals surface area contributed by atoms with Crippen LogP contribution in [-0.4, -0.2) is 48.2 Å². The highest BCUT2D eigenvalue weighted by Crippen LogP contribution is 2.39. The zero-order valence-electron chi connectivity index (χ0n) is 14.9. The third kappa shape index (κ3) is 4.29. The number of hydrogen-bond acceptors (Lipinski definition) is 6. The lowest BCUT2D eigenvalue weighted by molar-refractivity contribution is -0.384. The summed E-state index contributed by atoms with van der Waals surface area (Å²) in [6.07, 6.45) is 6.62. The normalized spacial score (nSPS) is 14.3. The van der Waals surface area contributed by atoms with Gasteiger partial charge in [0.25, 0.3) is 5.69 Å². The van der Waals surface area contributed by atoms with E-state index >= 15 is 0 Å². The molecule has 1 aromatic heterocycles. The van der Waals surface area contributed by atoms with Crippen molar-refractivity contribution < 1.29 is 14.4 Å². The lowest BCUT2D eigenvalue weighted by Crippen LogP contribution is -2.21. The van der Waals surface area contributed by atoms with E-state index in [1.807, 2.05) is 0 Å². The fourth-order valence-electron chi connectivity index (χ4n) is 3.20. The molecule has 1 aliphatic rings. The van der Waals surface area contributed by atoms with Crippen molar-refractivity contribution in [1.29, 1.82) is 0 Å². The van der Waals surface area contributed by atoms with Crippen LogP contribution in [0, 0.1) is 10.1 Å². The van der Waals surface area contributed by atoms with Gasteiger partial charge in [-0.1, -0.05) is 6.07 Å². The molecular formula is C19H23N3O4. The molecule has 1 aliphatic heterocycles. The largest absolute Gasteiger partial charge is 0.493 e. The summed E-state index contributed by atoms with van der Waals surface area (Å²) in [7, 11) is 1.53. The van der Waals surface area contributed by atoms with E-state index in [1.54, 1.807) is 30.6 Å². The minimum atomic E-state index is -0.404. The molecule has 0 aliphatic carbocycles. The van der Waals surface area contributed by atoms with Gasteiger partial charge in [0.05, 0.1) is 30.3 Å². The Hall–Kier alpha value is -2.67. The molecule has 7 nitrogen and oxygen atoms in total. The molecule has 0 bridgehead atoms. The minimum absolute atomic E-state index is 0.0201. The molecule has 0 N–H and O–H groups in total. The first-order chi connectivity index (χ1) is 12.7. The predicted octanol–water partition coefficient (Wildman–Crippen LogP) is 3.53. The fourth-order valence-corrected chi connectivity index (χ4v) is 3.20. The Kier molecular flexibility index (Phi) is 6.01. The zero-order chi connectivity index (χ0) is 18.4. The third-order valence-corrected chi connectivity index (χ3v) is 4.53. The number of benzene rings is 1. The minimum Gasteiger partial charge on any atom is -0.493 e. The van der Waals surface area contributed by atoms with Gasteiger partial charge in [-0.05, 0) is 44.5 Å². The van der Waals surface area contributed by atoms with E-state index in [0.717, 1.165) is 26.1 Å². The number of rotatable bonds is 8. The number of aromatic nitrogens is 1. The molecule has 0 saturated carbocycles. The predicted molar refractivity (Wildman–Crippen MR) is 98.7 cm³/mol. The van der Waals surface area contributed by atoms with E-state index in [9.17, 15) is 10.1 Å². The highest BCUT2D eigenvalue weighted by atomic mass is 16.6. The van der Waals surface area contributed by atoms with Gasteiger partial charge in [-0.3, -0.25) is 15.1 Å². The molecule has 0 radical (unpaired) electrons. The van der Waals surface area contributed by atoms with E-state index in [1.165, 1.54) is 26.0 Å². The van der Waals surface area contributed by atoms with Crippen molar-refractivity contribution in [2.24, 2.45) is 0 Å². The Bertz CT molecular complexity index is 746. The molecule has 138 valence electrons. The van der Waals surface area contributed by atoms with E-state index in [0.29, 0.717) is 29.2 Å². The van der Waals surface area contributed by atoms with Gasteiger partial charge in [-0.15, -0.1) is 0 Å². The first-order valence-corrected chi connectivity index (χ1v) is 8.81. The molecular weight excluding hydrogens is 334 g/mol. The fraction of sp³-hybridized carbons (Fsp3) is 0.421. The number of hydrogen-bond donors (Lipinski definition) is 0. The Morgan fingerprint density at radius 3 is 2.73 bits per heavy atom. The maximum absolute atomic E-state index is 11.5. The van der Waals surface area contributed by atoms with Gasteiger partial charge in [0.1, 0.15) is 0 Å². The number of nitro benzene ring substituents is 1. The van der Waals surface area contributed by atoms with E-state index in [-0.39, 0.29) is 5.69 Å². The van der Waals surface area contributed by atoms with E-state index in [4.69, 9.17) is 9.47 Å². The van der Waals surface area contributed by atoms with Crippen molar-refractivity contribution in [1.82, 2.24) is 9.88 Å². The number of ether oxygens (including phenoxy) is 2. The molecule has 7 heteroatoms. The summed E-state index contributed by atoms with van der Waals surface area (Å²) in [5.41, 5.74) is 1.11. The summed E-state index contributed by atoms with van der Waals surface area (Å²) in [6.45, 7) is 3.78. The maximum Gasteiger partial charge on any atom is 0.281 e. The first-order valence-electron chi connectivity index (χ1n) is 8.81. The van der Waals surface area contributed by atoms with Crippen LogP contribution >= 0.6 is 0 Å². The average molecular weight is 357 g/mol. The lowest BCUT2D eigenvalue weighted by atomic mass is 10.0. The second-order valence-corrected chi connectivity index (χ2v) is 6.27. The van der Waals surface area contributed by atoms with E-state index < -0.39 is 4.92 Å². The third-order valence-electron chi connectivity index (χ3n) is 4.53. The number of likely N-dealkylation sites (tertiary alicyclic amines) is 1. The van der Waals surface area contributed by atoms with E-state index in [2.05, 4.69) is 9.88 Å². The van der Waals surface area contributed by atoms with Gasteiger partial charge in [-0.25, -0.2) is 0 Å². The van der Waals surface area contributed by atoms with Gasteiger partial charge >= 0.3 is 0 Å². The summed E-state index contributed by atoms with van der Waals surface area (Å²) in [5.74, 6) is 0.879. The van der Waals surface area contributed by atoms with Crippen LogP contribution in [0.5, 0.6) is 11.5 Å². The standard InChI is InChI=1S/C19H23N3O4/c1-25-18-12-16(15-6-4-7-20-14-15)17(22(23)24)13-19(18)26-11-5-10-21-8-2-3-9-21/h4,6-7,12-14H,2-3,5,8-11H2,1H3. The summed E-state index contributed by atoms with van der Waals surface area (Å²) in [6, 6.07) is 6.61. The Morgan fingerprint density at radius 2 is 2.08 bits per heavy atom. The van der Waals surface area contributed by atoms with Crippen molar-refractivity contribution in [2.45, 2.75) is 19.3 Å². The Morgan fingerprint density at radius 1 is 1.27 bits per heavy atom. The van der Waals surface area contributed by atoms with Crippen LogP contribution in [0.15, 0.2) is 36.7 Å². The molecule has 2 heterocycles. The maximum atomic E-state index is 11.5. The van der Waals surface area contributed by atoms with Crippen LogP contribution in [0.4, 0.5) is 5.69 Å². The molecule has 1 saturated heterocycles. The molecule has 0 unspecified atom stereocenters. The molecule has 0 amide bonds. The molecule has 1 aromatic carbocycles. The van der Waals surface area contributed by atoms with Gasteiger partial charge in [-0.2, -0.15) is 0 Å². The van der Waals surface area contributed by atoms with Crippen molar-refractivity contribution >= 4 is 5.69 Å². The topological polar surface area (TPSA) is 77.7 Å². The molecule has 26 heavy (non-hydrogen) atoms. The molecule has 3 rings (SSSR count). The van der Waals surface area contributed by atoms with Crippen LogP contribution in [0.3, 0.4) is 0 Å². The van der Waals surface area contributed by atoms with Crippen LogP contribution in [0.1, 0.15) is 19.3 Å². The van der Waals surface area contributed by atoms with Crippen molar-refractivity contribution in [3.63, 3.8) is 0 Å². The van der Waals surface area contributed by atoms with Gasteiger partial charge < -0.3 is 14.4 Å². The highest BCUT2D eigenvalue weighted by molar-refractivity contribution is 5.76. The summed E-state index contributed by atoms with van der Waals surface area (Å²) in [4.78, 5) is 17.6. The second kappa shape index (κ2) is 8.62. The second-order valence-electron chi connectivity index (χ2n) is 6.27. The monoisotopic (exact) mass is 357 g/mol. The number of nitro groups is 1. The number of nitrogens with zero attached hydrogens (tertiary/aromatic N) is 3. The molecule has 0 spiro atoms. The zero-order valence-corrected chi connectivity index (χ0v) is 14.9. The summed E-state index contributed by atoms with van der Waals surface area (Å²) < 4.78 is 11.2. The average Bonchev–Trinajstić information content (AvgIpc) is 3.18. The molecule has 0 atom stereocenters. The van der Waals surface area contributed by atoms with Crippen molar-refractivity contribution in [2.75, 3.05) is 33.4 Å². The SMILES string of the molecule is COc1cc(-c2cccnc2)c([N+](=O)[O-])cc1OCCCN1CCCC1. The van der Waals surface area contributed by atoms with Crippen LogP contribution in [0.25, 0.3) is 11.1 Å². The molecule has 2 aromatic rings. The lowest BCUT2D eigenvalue weighted by Gasteiger charge is -2.16. The first kappa shape index (κ1) is 18.1. The van der Waals surface area contributed by atoms with Gasteiger partial charge in [0.15, 0.2) is 11.5 Å². The summed E-state index contributed by atoms with van der Waals surface area (Å²) in [5, 5.41) is 11.5. The van der Waals surface area contributed by atoms with Crippen LogP contribution < -0.4 is 9.47 Å². The molecule has 1 fully saturated rings. The van der Waals surface area contributed by atoms with Crippen molar-refractivity contribution in [3.8, 4) is 22.6 Å². The Balaban J connectivity index is 1.76. The number of pyridine rings is 1. The van der Waals surface area contributed by atoms with Gasteiger partial charge in [0.2, 0.25) is 0 Å². The Labute approximate surface area is 152 Å². The van der Waals surface area contributed by atoms with Crippen molar-refractivity contribution in [3.05, 3.63) is 46.8 Å².